The number of thiophene rings is 1. The molecule has 4 rings (SSSR count). The third kappa shape index (κ3) is 2.74. The summed E-state index contributed by atoms with van der Waals surface area (Å²) in [6.07, 6.45) is 2.13. The molecule has 0 saturated heterocycles. The van der Waals surface area contributed by atoms with Gasteiger partial charge in [-0.3, -0.25) is 14.9 Å². The minimum absolute atomic E-state index is 0.1000. The fourth-order valence-electron chi connectivity index (χ4n) is 2.65. The highest BCUT2D eigenvalue weighted by Crippen LogP contribution is 2.31. The minimum atomic E-state index is 0.1000. The normalized spacial score (nSPS) is 11.0. The number of ketones is 1. The molecule has 118 valence electrons. The summed E-state index contributed by atoms with van der Waals surface area (Å²) < 4.78 is 0. The van der Waals surface area contributed by atoms with Crippen LogP contribution in [0.4, 0.5) is 0 Å². The second kappa shape index (κ2) is 6.02. The Morgan fingerprint density at radius 2 is 2.08 bits per heavy atom. The molecule has 3 aromatic heterocycles. The van der Waals surface area contributed by atoms with Crippen LogP contribution in [-0.2, 0) is 6.42 Å². The van der Waals surface area contributed by atoms with Crippen molar-refractivity contribution in [3.8, 4) is 10.6 Å². The lowest BCUT2D eigenvalue weighted by molar-refractivity contribution is 0.0993. The van der Waals surface area contributed by atoms with Gasteiger partial charge in [0, 0.05) is 34.6 Å². The molecule has 0 bridgehead atoms. The first-order valence-electron chi connectivity index (χ1n) is 7.67. The number of aromatic amines is 1. The molecule has 0 aliphatic carbocycles. The van der Waals surface area contributed by atoms with Crippen LogP contribution in [0, 0.1) is 6.92 Å². The third-order valence-electron chi connectivity index (χ3n) is 3.96. The van der Waals surface area contributed by atoms with Crippen LogP contribution in [0.5, 0.6) is 0 Å². The van der Waals surface area contributed by atoms with Gasteiger partial charge >= 0.3 is 0 Å². The number of Topliss-reactive ketones (excluding diaryl/α,β-unsaturated/α-hetero) is 1. The first kappa shape index (κ1) is 14.8. The van der Waals surface area contributed by atoms with Crippen molar-refractivity contribution in [3.63, 3.8) is 0 Å². The number of pyridine rings is 1. The Labute approximate surface area is 143 Å². The second-order valence-electron chi connectivity index (χ2n) is 5.73. The highest BCUT2D eigenvalue weighted by molar-refractivity contribution is 7.14. The summed E-state index contributed by atoms with van der Waals surface area (Å²) in [7, 11) is 0. The maximum atomic E-state index is 12.5. The lowest BCUT2D eigenvalue weighted by Gasteiger charge is -1.99. The fourth-order valence-corrected chi connectivity index (χ4v) is 3.56. The standard InChI is InChI=1S/C19H15N3OS/c1-12-6-7-13(10-20-12)8-17(23)14-9-18(24-11-14)19-15-4-2-3-5-16(15)21-22-19/h2-7,9-11H,8H2,1H3,(H,21,22). The monoisotopic (exact) mass is 333 g/mol. The van der Waals surface area contributed by atoms with Gasteiger partial charge in [-0.1, -0.05) is 24.3 Å². The van der Waals surface area contributed by atoms with Gasteiger partial charge in [0.2, 0.25) is 0 Å². The van der Waals surface area contributed by atoms with Crippen LogP contribution in [0.2, 0.25) is 0 Å². The lowest BCUT2D eigenvalue weighted by atomic mass is 10.1. The van der Waals surface area contributed by atoms with Gasteiger partial charge in [0.05, 0.1) is 10.4 Å². The van der Waals surface area contributed by atoms with E-state index in [4.69, 9.17) is 0 Å². The molecule has 4 nitrogen and oxygen atoms in total. The Hall–Kier alpha value is -2.79. The fraction of sp³-hybridized carbons (Fsp3) is 0.105. The van der Waals surface area contributed by atoms with Crippen molar-refractivity contribution >= 4 is 28.0 Å². The maximum Gasteiger partial charge on any atom is 0.168 e. The van der Waals surface area contributed by atoms with E-state index in [2.05, 4.69) is 15.2 Å². The molecule has 1 N–H and O–H groups in total. The first-order valence-corrected chi connectivity index (χ1v) is 8.55. The number of aryl methyl sites for hydroxylation is 1. The molecule has 0 saturated carbocycles. The van der Waals surface area contributed by atoms with Crippen LogP contribution < -0.4 is 0 Å². The second-order valence-corrected chi connectivity index (χ2v) is 6.64. The zero-order chi connectivity index (χ0) is 16.5. The Kier molecular flexibility index (Phi) is 3.70. The maximum absolute atomic E-state index is 12.5. The van der Waals surface area contributed by atoms with Crippen molar-refractivity contribution in [3.05, 3.63) is 70.9 Å². The summed E-state index contributed by atoms with van der Waals surface area (Å²) in [6, 6.07) is 13.8. The summed E-state index contributed by atoms with van der Waals surface area (Å²) in [5.41, 5.74) is 4.51. The first-order chi connectivity index (χ1) is 11.7. The number of carbonyl (C=O) groups is 1. The van der Waals surface area contributed by atoms with Crippen molar-refractivity contribution < 1.29 is 4.79 Å². The molecule has 0 unspecified atom stereocenters. The molecule has 0 amide bonds. The van der Waals surface area contributed by atoms with E-state index in [-0.39, 0.29) is 5.78 Å². The highest BCUT2D eigenvalue weighted by atomic mass is 32.1. The number of H-pyrrole nitrogens is 1. The summed E-state index contributed by atoms with van der Waals surface area (Å²) in [6.45, 7) is 1.94. The minimum Gasteiger partial charge on any atom is -0.294 e. The van der Waals surface area contributed by atoms with Crippen molar-refractivity contribution in [2.75, 3.05) is 0 Å². The van der Waals surface area contributed by atoms with Crippen LogP contribution in [0.1, 0.15) is 21.6 Å². The number of carbonyl (C=O) groups excluding carboxylic acids is 1. The van der Waals surface area contributed by atoms with Gasteiger partial charge < -0.3 is 0 Å². The molecule has 24 heavy (non-hydrogen) atoms. The van der Waals surface area contributed by atoms with Crippen molar-refractivity contribution in [2.24, 2.45) is 0 Å². The molecular weight excluding hydrogens is 318 g/mol. The van der Waals surface area contributed by atoms with Gasteiger partial charge in [0.1, 0.15) is 5.69 Å². The number of rotatable bonds is 4. The van der Waals surface area contributed by atoms with Crippen molar-refractivity contribution in [1.29, 1.82) is 0 Å². The van der Waals surface area contributed by atoms with E-state index < -0.39 is 0 Å². The quantitative estimate of drug-likeness (QED) is 0.562. The molecule has 4 aromatic rings. The van der Waals surface area contributed by atoms with Gasteiger partial charge in [-0.2, -0.15) is 5.10 Å². The molecular formula is C19H15N3OS. The number of nitrogens with zero attached hydrogens (tertiary/aromatic N) is 2. The van der Waals surface area contributed by atoms with Gasteiger partial charge in [-0.25, -0.2) is 0 Å². The smallest absolute Gasteiger partial charge is 0.168 e. The van der Waals surface area contributed by atoms with Crippen LogP contribution in [0.3, 0.4) is 0 Å². The van der Waals surface area contributed by atoms with Crippen molar-refractivity contribution in [2.45, 2.75) is 13.3 Å². The highest BCUT2D eigenvalue weighted by Gasteiger charge is 2.14. The molecule has 1 aromatic carbocycles. The van der Waals surface area contributed by atoms with E-state index in [1.165, 1.54) is 0 Å². The molecule has 0 spiro atoms. The Morgan fingerprint density at radius 3 is 2.92 bits per heavy atom. The number of nitrogens with one attached hydrogen (secondary N) is 1. The zero-order valence-corrected chi connectivity index (χ0v) is 13.9. The number of para-hydroxylation sites is 1. The van der Waals surface area contributed by atoms with Crippen molar-refractivity contribution in [1.82, 2.24) is 15.2 Å². The third-order valence-corrected chi connectivity index (χ3v) is 4.90. The van der Waals surface area contributed by atoms with Gasteiger partial charge in [-0.05, 0) is 30.7 Å². The summed E-state index contributed by atoms with van der Waals surface area (Å²) >= 11 is 1.54. The predicted molar refractivity (Wildman–Crippen MR) is 96.4 cm³/mol. The number of hydrogen-bond donors (Lipinski definition) is 1. The topological polar surface area (TPSA) is 58.6 Å². The van der Waals surface area contributed by atoms with Gasteiger partial charge in [-0.15, -0.1) is 11.3 Å². The number of aromatic nitrogens is 3. The van der Waals surface area contributed by atoms with Crippen LogP contribution in [0.25, 0.3) is 21.5 Å². The van der Waals surface area contributed by atoms with Crippen LogP contribution >= 0.6 is 11.3 Å². The van der Waals surface area contributed by atoms with Gasteiger partial charge in [0.25, 0.3) is 0 Å². The lowest BCUT2D eigenvalue weighted by Crippen LogP contribution is -2.02. The Balaban J connectivity index is 1.60. The molecule has 0 fully saturated rings. The summed E-state index contributed by atoms with van der Waals surface area (Å²) in [5, 5.41) is 10.4. The average Bonchev–Trinajstić information content (AvgIpc) is 3.23. The number of benzene rings is 1. The summed E-state index contributed by atoms with van der Waals surface area (Å²) in [5.74, 6) is 0.1000. The molecule has 3 heterocycles. The number of fused-ring (bicyclic) bond motifs is 1. The van der Waals surface area contributed by atoms with E-state index >= 15 is 0 Å². The Morgan fingerprint density at radius 1 is 1.21 bits per heavy atom. The predicted octanol–water partition coefficient (Wildman–Crippen LogP) is 4.42. The SMILES string of the molecule is Cc1ccc(CC(=O)c2csc(-c3n[nH]c4ccccc34)c2)cn1. The molecule has 0 radical (unpaired) electrons. The molecule has 5 heteroatoms. The molecule has 0 atom stereocenters. The molecule has 0 aliphatic rings. The van der Waals surface area contributed by atoms with Gasteiger partial charge in [0.15, 0.2) is 5.78 Å². The average molecular weight is 333 g/mol. The summed E-state index contributed by atoms with van der Waals surface area (Å²) in [4.78, 5) is 17.7. The van der Waals surface area contributed by atoms with E-state index in [1.807, 2.05) is 54.8 Å². The van der Waals surface area contributed by atoms with E-state index in [0.717, 1.165) is 38.3 Å². The molecule has 0 aliphatic heterocycles. The van der Waals surface area contributed by atoms with E-state index in [9.17, 15) is 4.79 Å². The number of hydrogen-bond acceptors (Lipinski definition) is 4. The van der Waals surface area contributed by atoms with Crippen LogP contribution in [-0.4, -0.2) is 21.0 Å². The Bertz CT molecular complexity index is 1010. The zero-order valence-electron chi connectivity index (χ0n) is 13.1. The van der Waals surface area contributed by atoms with E-state index in [0.29, 0.717) is 6.42 Å². The van der Waals surface area contributed by atoms with Crippen LogP contribution in [0.15, 0.2) is 54.0 Å². The van der Waals surface area contributed by atoms with E-state index in [1.54, 1.807) is 17.5 Å². The largest absolute Gasteiger partial charge is 0.294 e.